The first kappa shape index (κ1) is 92.8. The Labute approximate surface area is 655 Å². The number of nitrogens with one attached hydrogen (secondary N) is 11. The van der Waals surface area contributed by atoms with Gasteiger partial charge in [-0.15, -0.1) is 0 Å². The van der Waals surface area contributed by atoms with Gasteiger partial charge in [0.05, 0.1) is 38.5 Å². The number of unbranched alkanes of at least 4 members (excludes halogenated alkanes) is 13. The zero-order chi connectivity index (χ0) is 81.6. The fraction of sp³-hybridized carbons (Fsp3) is 0.641. The third kappa shape index (κ3) is 34.9. The molecule has 3 aromatic rings. The SMILES string of the molecule is CCCCCCCCCCCCCCCC(=O)NCCOCCOC(=O)CN[C@@H](CCC(N)=O)C(=O)N[C@@H](CO)C(=O)N[C@@H](CCCC)C(=O)N[C@H]1CCC(=O)NCCCC[C@@H](C(N)=O)NC(=O)[C@H](Cc2c[nH]c3ccccc23)NC(=O)[C@H](CCCN=C(N)N)NC(=O)[C@H](Cc2ccccc2)NC(=O)[C@@H]2[C@@H](O)CCN2C1=O. The highest BCUT2D eigenvalue weighted by molar-refractivity contribution is 5.99. The van der Waals surface area contributed by atoms with Crippen molar-refractivity contribution in [2.75, 3.05) is 59.2 Å². The zero-order valence-corrected chi connectivity index (χ0v) is 65.1. The van der Waals surface area contributed by atoms with Crippen LogP contribution >= 0.6 is 0 Å². The molecule has 0 unspecified atom stereocenters. The molecule has 0 aliphatic carbocycles. The minimum atomic E-state index is -1.75. The lowest BCUT2D eigenvalue weighted by atomic mass is 10.0. The highest BCUT2D eigenvalue weighted by Gasteiger charge is 2.45. The number of fused-ring (bicyclic) bond motifs is 2. The summed E-state index contributed by atoms with van der Waals surface area (Å²) in [5.74, 6) is -11.0. The second-order valence-corrected chi connectivity index (χ2v) is 28.7. The van der Waals surface area contributed by atoms with Crippen molar-refractivity contribution in [2.24, 2.45) is 27.9 Å². The Kier molecular flexibility index (Phi) is 43.4. The van der Waals surface area contributed by atoms with Gasteiger partial charge in [-0.05, 0) is 81.4 Å². The number of aliphatic hydroxyl groups is 2. The molecule has 3 heterocycles. The number of para-hydroxylation sites is 1. The Hall–Kier alpha value is -9.80. The van der Waals surface area contributed by atoms with E-state index in [1.807, 2.05) is 18.2 Å². The fourth-order valence-corrected chi connectivity index (χ4v) is 13.3. The Bertz CT molecular complexity index is 3500. The van der Waals surface area contributed by atoms with Crippen molar-refractivity contribution in [2.45, 2.75) is 261 Å². The average Bonchev–Trinajstić information content (AvgIpc) is 1.61. The second kappa shape index (κ2) is 52.4. The lowest BCUT2D eigenvalue weighted by Crippen LogP contribution is -2.61. The molecule has 2 aliphatic heterocycles. The molecule has 2 aliphatic rings. The number of H-pyrrole nitrogens is 1. The number of nitrogens with zero attached hydrogens (tertiary/aromatic N) is 2. The number of aromatic nitrogens is 1. The van der Waals surface area contributed by atoms with Crippen molar-refractivity contribution in [3.63, 3.8) is 0 Å². The number of carbonyl (C=O) groups is 13. The van der Waals surface area contributed by atoms with E-state index in [2.05, 4.69) is 70.1 Å². The molecule has 34 nitrogen and oxygen atoms in total. The quantitative estimate of drug-likeness (QED) is 0.0158. The maximum atomic E-state index is 15.2. The predicted molar refractivity (Wildman–Crippen MR) is 419 cm³/mol. The lowest BCUT2D eigenvalue weighted by molar-refractivity contribution is -0.145. The number of amides is 12. The normalized spacial score (nSPS) is 19.9. The maximum Gasteiger partial charge on any atom is 0.320 e. The van der Waals surface area contributed by atoms with E-state index in [0.717, 1.165) is 35.1 Å². The molecule has 2 fully saturated rings. The molecule has 12 amide bonds. The monoisotopic (exact) mass is 1570 g/mol. The van der Waals surface area contributed by atoms with Crippen LogP contribution in [-0.4, -0.2) is 223 Å². The van der Waals surface area contributed by atoms with Gasteiger partial charge in [-0.25, -0.2) is 0 Å². The first-order valence-electron chi connectivity index (χ1n) is 39.9. The van der Waals surface area contributed by atoms with Gasteiger partial charge in [-0.3, -0.25) is 72.6 Å². The third-order valence-electron chi connectivity index (χ3n) is 19.7. The first-order valence-corrected chi connectivity index (χ1v) is 39.9. The summed E-state index contributed by atoms with van der Waals surface area (Å²) in [7, 11) is 0. The molecule has 10 atom stereocenters. The molecule has 34 heteroatoms. The molecule has 622 valence electrons. The summed E-state index contributed by atoms with van der Waals surface area (Å²) < 4.78 is 10.8. The Balaban J connectivity index is 1.28. The minimum absolute atomic E-state index is 0.00632. The van der Waals surface area contributed by atoms with E-state index in [4.69, 9.17) is 32.4 Å². The van der Waals surface area contributed by atoms with Gasteiger partial charge in [-0.1, -0.05) is 152 Å². The van der Waals surface area contributed by atoms with E-state index in [1.54, 1.807) is 49.5 Å². The maximum absolute atomic E-state index is 15.2. The first-order chi connectivity index (χ1) is 53.9. The van der Waals surface area contributed by atoms with Gasteiger partial charge in [0, 0.05) is 75.4 Å². The summed E-state index contributed by atoms with van der Waals surface area (Å²) in [5, 5.41) is 49.6. The molecule has 2 saturated heterocycles. The van der Waals surface area contributed by atoms with Crippen LogP contribution in [0.15, 0.2) is 65.8 Å². The number of carbonyl (C=O) groups excluding carboxylic acids is 13. The minimum Gasteiger partial charge on any atom is -0.462 e. The van der Waals surface area contributed by atoms with Crippen LogP contribution in [0.3, 0.4) is 0 Å². The van der Waals surface area contributed by atoms with E-state index >= 15 is 4.79 Å². The number of hydrogen-bond donors (Lipinski definition) is 17. The van der Waals surface area contributed by atoms with Gasteiger partial charge in [0.1, 0.15) is 54.9 Å². The standard InChI is InChI=1S/C78H123N17O17/c1-3-5-7-8-9-10-11-12-13-14-15-16-20-33-65(99)84-41-43-111-44-45-112-67(101)49-87-56(34-36-64(79)98)70(103)94-62(50-96)75(108)90-57(29-6-4-2)71(104)91-59-35-37-66(100)83-39-24-23-31-55(69(80)102)88-74(107)61(47-52-48-86-54-30-22-21-28-53(52)54)92-72(105)58(32-25-40-85-78(81)82)89-73(106)60(46-51-26-18-17-19-27-51)93-76(109)68-63(97)38-42-95(68)77(59)110/h17-19,21-22,26-28,30,48,55-63,68,86-87,96-97H,3-16,20,23-25,29,31-47,49-50H2,1-2H3,(H2,79,98)(H2,80,102)(H,83,100)(H,84,99)(H,88,107)(H,89,106)(H,90,108)(H,91,104)(H,92,105)(H,93,109)(H,94,103)(H4,81,82,85)/t55-,56-,57-,58-,59-,60-,61-,62-,63-,68-/m0/s1. The third-order valence-corrected chi connectivity index (χ3v) is 19.7. The number of benzene rings is 2. The number of aliphatic hydroxyl groups excluding tert-OH is 2. The number of esters is 1. The van der Waals surface area contributed by atoms with Crippen LogP contribution < -0.4 is 76.1 Å². The van der Waals surface area contributed by atoms with Crippen molar-refractivity contribution >= 4 is 93.7 Å². The molecule has 1 aromatic heterocycles. The van der Waals surface area contributed by atoms with Crippen LogP contribution in [0.1, 0.15) is 198 Å². The van der Waals surface area contributed by atoms with Crippen LogP contribution in [0.2, 0.25) is 0 Å². The summed E-state index contributed by atoms with van der Waals surface area (Å²) in [6.07, 6.45) is 15.4. The van der Waals surface area contributed by atoms with Crippen LogP contribution in [-0.2, 0) is 84.6 Å². The summed E-state index contributed by atoms with van der Waals surface area (Å²) in [5.41, 5.74) is 24.4. The highest BCUT2D eigenvalue weighted by Crippen LogP contribution is 2.24. The Morgan fingerprint density at radius 1 is 0.634 bits per heavy atom. The van der Waals surface area contributed by atoms with E-state index < -0.39 is 157 Å². The van der Waals surface area contributed by atoms with E-state index in [0.29, 0.717) is 30.4 Å². The van der Waals surface area contributed by atoms with E-state index in [1.165, 1.54) is 64.2 Å². The molecular formula is C78H123N17O17. The molecular weight excluding hydrogens is 1450 g/mol. The van der Waals surface area contributed by atoms with Crippen molar-refractivity contribution in [1.29, 1.82) is 0 Å². The van der Waals surface area contributed by atoms with Gasteiger partial charge in [0.25, 0.3) is 0 Å². The zero-order valence-electron chi connectivity index (χ0n) is 65.1. The van der Waals surface area contributed by atoms with Crippen LogP contribution in [0.25, 0.3) is 10.9 Å². The van der Waals surface area contributed by atoms with Crippen LogP contribution in [0.5, 0.6) is 0 Å². The molecule has 0 spiro atoms. The average molecular weight is 1570 g/mol. The Morgan fingerprint density at radius 3 is 1.94 bits per heavy atom. The summed E-state index contributed by atoms with van der Waals surface area (Å²) in [6.45, 7) is 2.44. The fourth-order valence-electron chi connectivity index (χ4n) is 13.3. The summed E-state index contributed by atoms with van der Waals surface area (Å²) in [4.78, 5) is 189. The smallest absolute Gasteiger partial charge is 0.320 e. The van der Waals surface area contributed by atoms with E-state index in [9.17, 15) is 67.7 Å². The van der Waals surface area contributed by atoms with Crippen LogP contribution in [0, 0.1) is 0 Å². The molecule has 0 saturated carbocycles. The van der Waals surface area contributed by atoms with Crippen molar-refractivity contribution in [3.8, 4) is 0 Å². The van der Waals surface area contributed by atoms with Gasteiger partial charge in [0.2, 0.25) is 70.9 Å². The molecule has 0 radical (unpaired) electrons. The highest BCUT2D eigenvalue weighted by atomic mass is 16.6. The molecule has 2 aromatic carbocycles. The number of rotatable bonds is 45. The largest absolute Gasteiger partial charge is 0.462 e. The molecule has 0 bridgehead atoms. The van der Waals surface area contributed by atoms with Crippen molar-refractivity contribution in [1.82, 2.24) is 63.1 Å². The van der Waals surface area contributed by atoms with Crippen molar-refractivity contribution < 1.29 is 82.0 Å². The second-order valence-electron chi connectivity index (χ2n) is 28.7. The number of aliphatic imine (C=N–C) groups is 1. The van der Waals surface area contributed by atoms with Gasteiger partial charge in [-0.2, -0.15) is 0 Å². The molecule has 21 N–H and O–H groups in total. The lowest BCUT2D eigenvalue weighted by Gasteiger charge is -2.32. The van der Waals surface area contributed by atoms with E-state index in [-0.39, 0.29) is 128 Å². The summed E-state index contributed by atoms with van der Waals surface area (Å²) in [6, 6.07) is 2.11. The van der Waals surface area contributed by atoms with Gasteiger partial charge >= 0.3 is 5.97 Å². The van der Waals surface area contributed by atoms with Gasteiger partial charge in [0.15, 0.2) is 5.96 Å². The number of nitrogens with two attached hydrogens (primary N) is 4. The number of ether oxygens (including phenoxy) is 2. The number of guanidine groups is 1. The van der Waals surface area contributed by atoms with Crippen molar-refractivity contribution in [3.05, 3.63) is 71.9 Å². The van der Waals surface area contributed by atoms with Crippen LogP contribution in [0.4, 0.5) is 0 Å². The van der Waals surface area contributed by atoms with Gasteiger partial charge < -0.3 is 100 Å². The Morgan fingerprint density at radius 2 is 1.26 bits per heavy atom. The molecule has 112 heavy (non-hydrogen) atoms. The predicted octanol–water partition coefficient (Wildman–Crippen LogP) is 0.491. The topological polar surface area (TPSA) is 537 Å². The number of primary amides is 2. The number of hydrogen-bond acceptors (Lipinski definition) is 19. The number of aromatic amines is 1. The molecule has 5 rings (SSSR count). The summed E-state index contributed by atoms with van der Waals surface area (Å²) >= 11 is 0.